The fourth-order valence-corrected chi connectivity index (χ4v) is 2.60. The van der Waals surface area contributed by atoms with E-state index in [1.807, 2.05) is 19.1 Å². The zero-order valence-corrected chi connectivity index (χ0v) is 12.9. The lowest BCUT2D eigenvalue weighted by Gasteiger charge is -2.09. The predicted molar refractivity (Wildman–Crippen MR) is 77.1 cm³/mol. The van der Waals surface area contributed by atoms with E-state index >= 15 is 0 Å². The summed E-state index contributed by atoms with van der Waals surface area (Å²) in [6, 6.07) is 5.98. The summed E-state index contributed by atoms with van der Waals surface area (Å²) in [5.74, 6) is 1.07. The molecular formula is C13H16N4O3S. The lowest BCUT2D eigenvalue weighted by atomic mass is 10.1. The van der Waals surface area contributed by atoms with Gasteiger partial charge in [0.05, 0.1) is 14.2 Å². The van der Waals surface area contributed by atoms with Crippen LogP contribution in [0.15, 0.2) is 23.4 Å². The molecule has 0 radical (unpaired) electrons. The minimum atomic E-state index is -0.391. The summed E-state index contributed by atoms with van der Waals surface area (Å²) < 4.78 is 11.4. The third kappa shape index (κ3) is 3.94. The van der Waals surface area contributed by atoms with Crippen LogP contribution in [0.4, 0.5) is 0 Å². The second-order valence-corrected chi connectivity index (χ2v) is 5.24. The number of methoxy groups -OCH3 is 2. The molecule has 0 saturated heterocycles. The minimum Gasteiger partial charge on any atom is -0.496 e. The molecule has 7 nitrogen and oxygen atoms in total. The fourth-order valence-electron chi connectivity index (χ4n) is 1.75. The Kier molecular flexibility index (Phi) is 5.15. The van der Waals surface area contributed by atoms with Crippen molar-refractivity contribution >= 4 is 17.7 Å². The van der Waals surface area contributed by atoms with Gasteiger partial charge in [-0.1, -0.05) is 29.5 Å². The minimum absolute atomic E-state index is 0.00319. The van der Waals surface area contributed by atoms with Crippen LogP contribution in [0.5, 0.6) is 5.75 Å². The van der Waals surface area contributed by atoms with E-state index in [1.165, 1.54) is 23.6 Å². The number of ether oxygens (including phenoxy) is 2. The van der Waals surface area contributed by atoms with Crippen LogP contribution < -0.4 is 4.74 Å². The van der Waals surface area contributed by atoms with E-state index in [9.17, 15) is 4.79 Å². The number of aromatic nitrogens is 4. The molecule has 2 aromatic rings. The average molecular weight is 308 g/mol. The van der Waals surface area contributed by atoms with Gasteiger partial charge in [0.25, 0.3) is 0 Å². The Labute approximate surface area is 126 Å². The van der Waals surface area contributed by atoms with Crippen LogP contribution in [-0.2, 0) is 21.8 Å². The van der Waals surface area contributed by atoms with E-state index in [0.717, 1.165) is 16.9 Å². The van der Waals surface area contributed by atoms with Crippen molar-refractivity contribution in [1.29, 1.82) is 0 Å². The first-order valence-corrected chi connectivity index (χ1v) is 7.22. The summed E-state index contributed by atoms with van der Waals surface area (Å²) in [5.41, 5.74) is 2.20. The van der Waals surface area contributed by atoms with Crippen molar-refractivity contribution in [3.63, 3.8) is 0 Å². The Bertz CT molecular complexity index is 630. The van der Waals surface area contributed by atoms with Gasteiger partial charge in [0.15, 0.2) is 0 Å². The predicted octanol–water partition coefficient (Wildman–Crippen LogP) is 1.46. The van der Waals surface area contributed by atoms with Crippen molar-refractivity contribution in [2.24, 2.45) is 0 Å². The van der Waals surface area contributed by atoms with E-state index in [1.54, 1.807) is 7.11 Å². The molecule has 8 heteroatoms. The number of carbonyl (C=O) groups is 1. The first-order chi connectivity index (χ1) is 10.1. The number of nitrogens with zero attached hydrogens (tertiary/aromatic N) is 4. The number of benzene rings is 1. The van der Waals surface area contributed by atoms with Gasteiger partial charge in [-0.3, -0.25) is 4.79 Å². The van der Waals surface area contributed by atoms with E-state index in [0.29, 0.717) is 10.9 Å². The Balaban J connectivity index is 2.08. The molecule has 0 spiro atoms. The summed E-state index contributed by atoms with van der Waals surface area (Å²) >= 11 is 1.44. The van der Waals surface area contributed by atoms with Gasteiger partial charge in [-0.25, -0.2) is 4.68 Å². The number of esters is 1. The van der Waals surface area contributed by atoms with Crippen LogP contribution in [0.3, 0.4) is 0 Å². The highest BCUT2D eigenvalue weighted by Gasteiger charge is 2.12. The van der Waals surface area contributed by atoms with Crippen molar-refractivity contribution in [2.45, 2.75) is 24.4 Å². The number of hydrogen-bond acceptors (Lipinski definition) is 7. The molecule has 21 heavy (non-hydrogen) atoms. The Hall–Kier alpha value is -2.09. The molecule has 0 N–H and O–H groups in total. The zero-order valence-electron chi connectivity index (χ0n) is 12.1. The molecule has 1 aromatic carbocycles. The molecule has 0 saturated carbocycles. The third-order valence-electron chi connectivity index (χ3n) is 2.80. The van der Waals surface area contributed by atoms with Crippen LogP contribution >= 0.6 is 11.8 Å². The molecule has 0 aliphatic heterocycles. The second-order valence-electron chi connectivity index (χ2n) is 4.30. The number of aryl methyl sites for hydroxylation is 1. The first-order valence-electron chi connectivity index (χ1n) is 6.23. The first kappa shape index (κ1) is 15.3. The highest BCUT2D eigenvalue weighted by Crippen LogP contribution is 2.27. The maximum Gasteiger partial charge on any atom is 0.327 e. The van der Waals surface area contributed by atoms with Crippen LogP contribution in [0.1, 0.15) is 11.1 Å². The Morgan fingerprint density at radius 1 is 1.38 bits per heavy atom. The largest absolute Gasteiger partial charge is 0.496 e. The van der Waals surface area contributed by atoms with Crippen LogP contribution in [0.2, 0.25) is 0 Å². The van der Waals surface area contributed by atoms with Crippen LogP contribution in [0, 0.1) is 6.92 Å². The molecule has 0 atom stereocenters. The van der Waals surface area contributed by atoms with Crippen LogP contribution in [0.25, 0.3) is 0 Å². The SMILES string of the molecule is COC(=O)Cn1nnnc1SCc1cc(C)ccc1OC. The van der Waals surface area contributed by atoms with Gasteiger partial charge in [0.1, 0.15) is 12.3 Å². The fraction of sp³-hybridized carbons (Fsp3) is 0.385. The maximum atomic E-state index is 11.3. The monoisotopic (exact) mass is 308 g/mol. The molecule has 112 valence electrons. The standard InChI is InChI=1S/C13H16N4O3S/c1-9-4-5-11(19-2)10(6-9)8-21-13-14-15-16-17(13)7-12(18)20-3/h4-6H,7-8H2,1-3H3. The zero-order chi connectivity index (χ0) is 15.2. The maximum absolute atomic E-state index is 11.3. The van der Waals surface area contributed by atoms with E-state index in [4.69, 9.17) is 4.74 Å². The number of rotatable bonds is 6. The van der Waals surface area contributed by atoms with Gasteiger partial charge in [0.2, 0.25) is 5.16 Å². The van der Waals surface area contributed by atoms with Gasteiger partial charge < -0.3 is 9.47 Å². The van der Waals surface area contributed by atoms with Gasteiger partial charge in [-0.2, -0.15) is 0 Å². The number of hydrogen-bond donors (Lipinski definition) is 0. The van der Waals surface area contributed by atoms with Crippen molar-refractivity contribution < 1.29 is 14.3 Å². The molecule has 0 amide bonds. The Morgan fingerprint density at radius 3 is 2.90 bits per heavy atom. The number of thioether (sulfide) groups is 1. The highest BCUT2D eigenvalue weighted by molar-refractivity contribution is 7.98. The van der Waals surface area contributed by atoms with Crippen molar-refractivity contribution in [3.8, 4) is 5.75 Å². The molecule has 1 heterocycles. The van der Waals surface area contributed by atoms with E-state index in [-0.39, 0.29) is 6.54 Å². The smallest absolute Gasteiger partial charge is 0.327 e. The molecule has 1 aromatic heterocycles. The van der Waals surface area contributed by atoms with Gasteiger partial charge in [-0.05, 0) is 23.4 Å². The molecule has 0 aliphatic rings. The van der Waals surface area contributed by atoms with Crippen molar-refractivity contribution in [2.75, 3.05) is 14.2 Å². The van der Waals surface area contributed by atoms with Gasteiger partial charge in [-0.15, -0.1) is 5.10 Å². The third-order valence-corrected chi connectivity index (χ3v) is 3.80. The highest BCUT2D eigenvalue weighted by atomic mass is 32.2. The van der Waals surface area contributed by atoms with E-state index in [2.05, 4.69) is 26.3 Å². The van der Waals surface area contributed by atoms with Gasteiger partial charge in [0, 0.05) is 11.3 Å². The summed E-state index contributed by atoms with van der Waals surface area (Å²) in [6.07, 6.45) is 0. The second kappa shape index (κ2) is 7.07. The summed E-state index contributed by atoms with van der Waals surface area (Å²) in [6.45, 7) is 2.02. The Morgan fingerprint density at radius 2 is 2.19 bits per heavy atom. The number of tetrazole rings is 1. The topological polar surface area (TPSA) is 79.1 Å². The average Bonchev–Trinajstić information content (AvgIpc) is 2.92. The molecule has 0 fully saturated rings. The van der Waals surface area contributed by atoms with Crippen LogP contribution in [-0.4, -0.2) is 40.4 Å². The van der Waals surface area contributed by atoms with Crippen molar-refractivity contribution in [3.05, 3.63) is 29.3 Å². The molecular weight excluding hydrogens is 292 g/mol. The summed E-state index contributed by atoms with van der Waals surface area (Å²) in [4.78, 5) is 11.3. The lowest BCUT2D eigenvalue weighted by molar-refractivity contribution is -0.141. The van der Waals surface area contributed by atoms with Gasteiger partial charge >= 0.3 is 5.97 Å². The van der Waals surface area contributed by atoms with Crippen molar-refractivity contribution in [1.82, 2.24) is 20.2 Å². The molecule has 0 aliphatic carbocycles. The lowest BCUT2D eigenvalue weighted by Crippen LogP contribution is -2.13. The van der Waals surface area contributed by atoms with E-state index < -0.39 is 5.97 Å². The molecule has 0 bridgehead atoms. The summed E-state index contributed by atoms with van der Waals surface area (Å²) in [7, 11) is 2.97. The number of carbonyl (C=O) groups excluding carboxylic acids is 1. The molecule has 2 rings (SSSR count). The quantitative estimate of drug-likeness (QED) is 0.590. The summed E-state index contributed by atoms with van der Waals surface area (Å²) in [5, 5.41) is 11.8. The molecule has 0 unspecified atom stereocenters. The normalized spacial score (nSPS) is 10.4.